The van der Waals surface area contributed by atoms with Gasteiger partial charge in [0.05, 0.1) is 6.34 Å². The van der Waals surface area contributed by atoms with E-state index in [9.17, 15) is 0 Å². The molecular weight excluding hydrogens is 102 g/mol. The fraction of sp³-hybridized carbons (Fsp3) is 0.600. The molecule has 0 aliphatic carbocycles. The molecule has 0 aliphatic heterocycles. The van der Waals surface area contributed by atoms with Gasteiger partial charge in [-0.2, -0.15) is 0 Å². The summed E-state index contributed by atoms with van der Waals surface area (Å²) in [5.74, 6) is 0.847. The van der Waals surface area contributed by atoms with Crippen LogP contribution < -0.4 is 0 Å². The first-order valence-electron chi connectivity index (χ1n) is 2.39. The van der Waals surface area contributed by atoms with E-state index >= 15 is 0 Å². The van der Waals surface area contributed by atoms with Crippen molar-refractivity contribution in [3.63, 3.8) is 0 Å². The van der Waals surface area contributed by atoms with Crippen molar-refractivity contribution >= 4 is 12.2 Å². The molecule has 46 valence electrons. The molecule has 3 nitrogen and oxygen atoms in total. The second kappa shape index (κ2) is 3.18. The third-order valence-corrected chi connectivity index (χ3v) is 1.03. The van der Waals surface area contributed by atoms with Gasteiger partial charge in [-0.3, -0.25) is 10.4 Å². The summed E-state index contributed by atoms with van der Waals surface area (Å²) in [6.07, 6.45) is 1.22. The molecule has 0 saturated heterocycles. The molecule has 0 heterocycles. The van der Waals surface area contributed by atoms with Gasteiger partial charge in [-0.25, -0.2) is 0 Å². The van der Waals surface area contributed by atoms with Crippen LogP contribution in [0.2, 0.25) is 0 Å². The molecule has 0 atom stereocenters. The summed E-state index contributed by atoms with van der Waals surface area (Å²) in [5, 5.41) is 6.76. The standard InChI is InChI=1S/C5H11N3/c1-5(7-2)8(3)4-6/h4,6H,1-3H3. The Bertz CT molecular complexity index is 106. The largest absolute Gasteiger partial charge is 0.325 e. The van der Waals surface area contributed by atoms with Crippen molar-refractivity contribution < 1.29 is 0 Å². The van der Waals surface area contributed by atoms with E-state index in [1.165, 1.54) is 6.34 Å². The van der Waals surface area contributed by atoms with Gasteiger partial charge in [0.25, 0.3) is 0 Å². The van der Waals surface area contributed by atoms with Crippen molar-refractivity contribution in [1.29, 1.82) is 5.41 Å². The number of amidine groups is 1. The molecule has 0 aliphatic rings. The highest BCUT2D eigenvalue weighted by Crippen LogP contribution is 1.78. The summed E-state index contributed by atoms with van der Waals surface area (Å²) in [6.45, 7) is 1.85. The highest BCUT2D eigenvalue weighted by Gasteiger charge is 1.89. The molecule has 0 unspecified atom stereocenters. The quantitative estimate of drug-likeness (QED) is 0.392. The van der Waals surface area contributed by atoms with Gasteiger partial charge >= 0.3 is 0 Å². The molecule has 0 aromatic heterocycles. The molecule has 0 saturated carbocycles. The van der Waals surface area contributed by atoms with Crippen LogP contribution >= 0.6 is 0 Å². The average Bonchev–Trinajstić information content (AvgIpc) is 1.84. The minimum Gasteiger partial charge on any atom is -0.325 e. The van der Waals surface area contributed by atoms with Gasteiger partial charge in [-0.15, -0.1) is 0 Å². The van der Waals surface area contributed by atoms with Gasteiger partial charge in [0.15, 0.2) is 0 Å². The van der Waals surface area contributed by atoms with E-state index in [-0.39, 0.29) is 0 Å². The molecule has 8 heavy (non-hydrogen) atoms. The van der Waals surface area contributed by atoms with Gasteiger partial charge in [0.1, 0.15) is 5.84 Å². The van der Waals surface area contributed by atoms with Gasteiger partial charge in [-0.1, -0.05) is 0 Å². The van der Waals surface area contributed by atoms with Crippen LogP contribution in [0.5, 0.6) is 0 Å². The maximum atomic E-state index is 6.76. The monoisotopic (exact) mass is 113 g/mol. The van der Waals surface area contributed by atoms with Crippen molar-refractivity contribution in [3.8, 4) is 0 Å². The zero-order valence-electron chi connectivity index (χ0n) is 5.47. The summed E-state index contributed by atoms with van der Waals surface area (Å²) < 4.78 is 0. The van der Waals surface area contributed by atoms with Crippen LogP contribution in [0.15, 0.2) is 4.99 Å². The van der Waals surface area contributed by atoms with Crippen LogP contribution in [0.3, 0.4) is 0 Å². The van der Waals surface area contributed by atoms with E-state index in [0.717, 1.165) is 5.84 Å². The number of aliphatic imine (C=N–C) groups is 1. The van der Waals surface area contributed by atoms with Crippen molar-refractivity contribution in [2.24, 2.45) is 4.99 Å². The fourth-order valence-corrected chi connectivity index (χ4v) is 0.251. The Balaban J connectivity index is 3.81. The lowest BCUT2D eigenvalue weighted by Crippen LogP contribution is -2.21. The van der Waals surface area contributed by atoms with E-state index in [1.54, 1.807) is 19.0 Å². The lowest BCUT2D eigenvalue weighted by molar-refractivity contribution is 0.762. The molecule has 0 radical (unpaired) electrons. The lowest BCUT2D eigenvalue weighted by atomic mass is 10.6. The third kappa shape index (κ3) is 1.73. The smallest absolute Gasteiger partial charge is 0.100 e. The number of hydrogen-bond donors (Lipinski definition) is 1. The van der Waals surface area contributed by atoms with Crippen LogP contribution in [0.4, 0.5) is 0 Å². The Labute approximate surface area is 49.5 Å². The molecule has 0 rings (SSSR count). The van der Waals surface area contributed by atoms with Gasteiger partial charge in [0.2, 0.25) is 0 Å². The summed E-state index contributed by atoms with van der Waals surface area (Å²) in [5.41, 5.74) is 0. The number of rotatable bonds is 1. The summed E-state index contributed by atoms with van der Waals surface area (Å²) in [4.78, 5) is 5.49. The molecule has 0 amide bonds. The third-order valence-electron chi connectivity index (χ3n) is 1.03. The molecule has 0 fully saturated rings. The summed E-state index contributed by atoms with van der Waals surface area (Å²) in [6, 6.07) is 0. The predicted octanol–water partition coefficient (Wildman–Crippen LogP) is 0.573. The first-order valence-corrected chi connectivity index (χ1v) is 2.39. The van der Waals surface area contributed by atoms with Crippen LogP contribution in [0.1, 0.15) is 6.92 Å². The minimum absolute atomic E-state index is 0.847. The second-order valence-corrected chi connectivity index (χ2v) is 1.51. The highest BCUT2D eigenvalue weighted by atomic mass is 15.2. The minimum atomic E-state index is 0.847. The van der Waals surface area contributed by atoms with Gasteiger partial charge in [0, 0.05) is 14.1 Å². The molecule has 0 bridgehead atoms. The summed E-state index contributed by atoms with van der Waals surface area (Å²) in [7, 11) is 3.49. The van der Waals surface area contributed by atoms with Crippen molar-refractivity contribution in [2.75, 3.05) is 14.1 Å². The van der Waals surface area contributed by atoms with E-state index in [1.807, 2.05) is 6.92 Å². The van der Waals surface area contributed by atoms with Gasteiger partial charge in [-0.05, 0) is 6.92 Å². The average molecular weight is 113 g/mol. The van der Waals surface area contributed by atoms with Crippen LogP contribution in [0, 0.1) is 5.41 Å². The molecule has 0 aromatic carbocycles. The first-order chi connectivity index (χ1) is 3.72. The normalized spacial score (nSPS) is 11.1. The predicted molar refractivity (Wildman–Crippen MR) is 35.6 cm³/mol. The Morgan fingerprint density at radius 2 is 2.25 bits per heavy atom. The zero-order chi connectivity index (χ0) is 6.57. The Kier molecular flexibility index (Phi) is 2.84. The molecular formula is C5H11N3. The molecule has 0 aromatic rings. The van der Waals surface area contributed by atoms with E-state index in [0.29, 0.717) is 0 Å². The van der Waals surface area contributed by atoms with Gasteiger partial charge < -0.3 is 4.90 Å². The Morgan fingerprint density at radius 1 is 1.75 bits per heavy atom. The zero-order valence-corrected chi connectivity index (χ0v) is 5.47. The van der Waals surface area contributed by atoms with Crippen LogP contribution in [0.25, 0.3) is 0 Å². The van der Waals surface area contributed by atoms with Crippen molar-refractivity contribution in [2.45, 2.75) is 6.92 Å². The first kappa shape index (κ1) is 7.14. The Hall–Kier alpha value is -0.860. The van der Waals surface area contributed by atoms with E-state index in [4.69, 9.17) is 5.41 Å². The highest BCUT2D eigenvalue weighted by molar-refractivity contribution is 5.88. The maximum absolute atomic E-state index is 6.76. The number of nitrogens with zero attached hydrogens (tertiary/aromatic N) is 2. The summed E-state index contributed by atoms with van der Waals surface area (Å²) >= 11 is 0. The van der Waals surface area contributed by atoms with E-state index in [2.05, 4.69) is 4.99 Å². The maximum Gasteiger partial charge on any atom is 0.100 e. The fourth-order valence-electron chi connectivity index (χ4n) is 0.251. The Morgan fingerprint density at radius 3 is 2.38 bits per heavy atom. The molecule has 0 spiro atoms. The lowest BCUT2D eigenvalue weighted by Gasteiger charge is -2.08. The van der Waals surface area contributed by atoms with E-state index < -0.39 is 0 Å². The second-order valence-electron chi connectivity index (χ2n) is 1.51. The van der Waals surface area contributed by atoms with Crippen molar-refractivity contribution in [3.05, 3.63) is 0 Å². The number of hydrogen-bond acceptors (Lipinski definition) is 2. The van der Waals surface area contributed by atoms with Crippen molar-refractivity contribution in [1.82, 2.24) is 4.90 Å². The van der Waals surface area contributed by atoms with Crippen LogP contribution in [-0.2, 0) is 0 Å². The SMILES string of the molecule is CN=C(C)N(C)C=N. The van der Waals surface area contributed by atoms with Crippen LogP contribution in [-0.4, -0.2) is 31.2 Å². The topological polar surface area (TPSA) is 39.5 Å². The molecule has 3 heteroatoms. The molecule has 1 N–H and O–H groups in total. The number of nitrogens with one attached hydrogen (secondary N) is 1.